The Morgan fingerprint density at radius 2 is 1.77 bits per heavy atom. The number of hydrogen-bond acceptors (Lipinski definition) is 3. The largest absolute Gasteiger partial charge is 0.465 e. The number of aromatic amines is 1. The molecule has 0 saturated carbocycles. The smallest absolute Gasteiger partial charge is 0.407 e. The number of imidazole rings is 1. The number of amides is 2. The van der Waals surface area contributed by atoms with E-state index in [-0.39, 0.29) is 43.0 Å². The van der Waals surface area contributed by atoms with Crippen molar-refractivity contribution in [2.75, 3.05) is 26.2 Å². The van der Waals surface area contributed by atoms with Gasteiger partial charge in [0, 0.05) is 26.2 Å². The molecule has 2 N–H and O–H groups in total. The van der Waals surface area contributed by atoms with Gasteiger partial charge in [-0.25, -0.2) is 18.6 Å². The predicted octanol–water partition coefficient (Wildman–Crippen LogP) is 1.28. The number of carboxylic acid groups (broad SMARTS) is 1. The lowest BCUT2D eigenvalue weighted by Gasteiger charge is -2.32. The molecule has 0 spiro atoms. The van der Waals surface area contributed by atoms with Crippen molar-refractivity contribution in [2.45, 2.75) is 0 Å². The van der Waals surface area contributed by atoms with Crippen LogP contribution in [0.5, 0.6) is 0 Å². The van der Waals surface area contributed by atoms with E-state index in [0.717, 1.165) is 6.07 Å². The van der Waals surface area contributed by atoms with E-state index in [9.17, 15) is 18.4 Å². The fourth-order valence-electron chi connectivity index (χ4n) is 2.37. The number of nitrogens with one attached hydrogen (secondary N) is 1. The number of aromatic nitrogens is 2. The van der Waals surface area contributed by atoms with Gasteiger partial charge in [0.05, 0.1) is 5.52 Å². The molecule has 2 amide bonds. The zero-order valence-corrected chi connectivity index (χ0v) is 11.3. The Morgan fingerprint density at radius 1 is 1.14 bits per heavy atom. The van der Waals surface area contributed by atoms with Crippen molar-refractivity contribution < 1.29 is 23.5 Å². The molecule has 22 heavy (non-hydrogen) atoms. The molecule has 3 rings (SSSR count). The average Bonchev–Trinajstić information content (AvgIpc) is 2.95. The topological polar surface area (TPSA) is 89.5 Å². The van der Waals surface area contributed by atoms with Crippen LogP contribution >= 0.6 is 0 Å². The van der Waals surface area contributed by atoms with Gasteiger partial charge in [0.2, 0.25) is 0 Å². The molecule has 0 aliphatic carbocycles. The van der Waals surface area contributed by atoms with Crippen molar-refractivity contribution in [3.05, 3.63) is 29.6 Å². The second-order valence-corrected chi connectivity index (χ2v) is 4.90. The molecule has 1 aliphatic heterocycles. The Labute approximate surface area is 123 Å². The minimum atomic E-state index is -1.11. The summed E-state index contributed by atoms with van der Waals surface area (Å²) in [4.78, 5) is 32.2. The van der Waals surface area contributed by atoms with E-state index in [1.165, 1.54) is 15.9 Å². The van der Waals surface area contributed by atoms with Crippen LogP contribution in [0.15, 0.2) is 12.1 Å². The minimum absolute atomic E-state index is 0.0942. The third kappa shape index (κ3) is 2.34. The Kier molecular flexibility index (Phi) is 3.39. The van der Waals surface area contributed by atoms with Gasteiger partial charge in [0.25, 0.3) is 5.91 Å². The van der Waals surface area contributed by atoms with E-state index in [0.29, 0.717) is 0 Å². The average molecular weight is 310 g/mol. The molecule has 0 bridgehead atoms. The van der Waals surface area contributed by atoms with E-state index >= 15 is 0 Å². The number of H-pyrrole nitrogens is 1. The van der Waals surface area contributed by atoms with Crippen molar-refractivity contribution in [3.63, 3.8) is 0 Å². The third-order valence-electron chi connectivity index (χ3n) is 3.59. The van der Waals surface area contributed by atoms with Crippen LogP contribution < -0.4 is 0 Å². The fraction of sp³-hybridized carbons (Fsp3) is 0.308. The summed E-state index contributed by atoms with van der Waals surface area (Å²) in [6.07, 6.45) is -1.03. The lowest BCUT2D eigenvalue weighted by atomic mass is 10.3. The highest BCUT2D eigenvalue weighted by Crippen LogP contribution is 2.19. The van der Waals surface area contributed by atoms with Gasteiger partial charge in [0.15, 0.2) is 17.5 Å². The fourth-order valence-corrected chi connectivity index (χ4v) is 2.37. The van der Waals surface area contributed by atoms with Crippen LogP contribution in [0.25, 0.3) is 11.0 Å². The number of rotatable bonds is 1. The van der Waals surface area contributed by atoms with Crippen LogP contribution in [0, 0.1) is 11.6 Å². The van der Waals surface area contributed by atoms with E-state index in [1.54, 1.807) is 0 Å². The van der Waals surface area contributed by atoms with E-state index < -0.39 is 23.6 Å². The van der Waals surface area contributed by atoms with Crippen LogP contribution in [0.3, 0.4) is 0 Å². The normalized spacial score (nSPS) is 15.4. The quantitative estimate of drug-likeness (QED) is 0.830. The molecule has 0 radical (unpaired) electrons. The summed E-state index contributed by atoms with van der Waals surface area (Å²) in [5.74, 6) is -2.71. The number of carbonyl (C=O) groups excluding carboxylic acids is 1. The van der Waals surface area contributed by atoms with Crippen molar-refractivity contribution in [3.8, 4) is 0 Å². The predicted molar refractivity (Wildman–Crippen MR) is 71.5 cm³/mol. The van der Waals surface area contributed by atoms with E-state index in [4.69, 9.17) is 5.11 Å². The van der Waals surface area contributed by atoms with Crippen LogP contribution in [0.4, 0.5) is 13.6 Å². The number of fused-ring (bicyclic) bond motifs is 1. The number of piperazine rings is 1. The van der Waals surface area contributed by atoms with Crippen molar-refractivity contribution in [1.29, 1.82) is 0 Å². The first-order chi connectivity index (χ1) is 10.5. The molecular weight excluding hydrogens is 298 g/mol. The highest BCUT2D eigenvalue weighted by atomic mass is 19.2. The van der Waals surface area contributed by atoms with Crippen molar-refractivity contribution in [1.82, 2.24) is 19.8 Å². The molecule has 1 aromatic heterocycles. The summed E-state index contributed by atoms with van der Waals surface area (Å²) in [5, 5.41) is 8.86. The number of carbonyl (C=O) groups is 2. The summed E-state index contributed by atoms with van der Waals surface area (Å²) in [6, 6.07) is 2.26. The van der Waals surface area contributed by atoms with Crippen LogP contribution in [-0.2, 0) is 0 Å². The highest BCUT2D eigenvalue weighted by Gasteiger charge is 2.26. The standard InChI is InChI=1S/C13H12F2N4O3/c14-7-1-2-8-10(9(7)15)17-11(16-8)12(20)18-3-5-19(6-4-18)13(21)22/h1-2H,3-6H2,(H,16,17)(H,21,22). The molecule has 0 atom stereocenters. The van der Waals surface area contributed by atoms with Crippen LogP contribution in [-0.4, -0.2) is 63.1 Å². The van der Waals surface area contributed by atoms with E-state index in [1.807, 2.05) is 0 Å². The minimum Gasteiger partial charge on any atom is -0.465 e. The number of benzene rings is 1. The summed E-state index contributed by atoms with van der Waals surface area (Å²) < 4.78 is 26.7. The van der Waals surface area contributed by atoms with Gasteiger partial charge in [0.1, 0.15) is 5.52 Å². The molecule has 1 saturated heterocycles. The lowest BCUT2D eigenvalue weighted by Crippen LogP contribution is -2.50. The maximum Gasteiger partial charge on any atom is 0.407 e. The summed E-state index contributed by atoms with van der Waals surface area (Å²) in [5.41, 5.74) is -0.000978. The first kappa shape index (κ1) is 14.2. The van der Waals surface area contributed by atoms with Gasteiger partial charge in [-0.2, -0.15) is 0 Å². The van der Waals surface area contributed by atoms with Crippen LogP contribution in [0.1, 0.15) is 10.6 Å². The van der Waals surface area contributed by atoms with Gasteiger partial charge in [-0.15, -0.1) is 0 Å². The van der Waals surface area contributed by atoms with Gasteiger partial charge in [-0.3, -0.25) is 4.79 Å². The second kappa shape index (κ2) is 5.24. The summed E-state index contributed by atoms with van der Waals surface area (Å²) >= 11 is 0. The van der Waals surface area contributed by atoms with Crippen LogP contribution in [0.2, 0.25) is 0 Å². The molecular formula is C13H12F2N4O3. The molecule has 2 heterocycles. The SMILES string of the molecule is O=C(O)N1CCN(C(=O)c2nc3c(F)c(F)ccc3[nH]2)CC1. The zero-order valence-electron chi connectivity index (χ0n) is 11.3. The molecule has 116 valence electrons. The monoisotopic (exact) mass is 310 g/mol. The van der Waals surface area contributed by atoms with Gasteiger partial charge in [-0.1, -0.05) is 0 Å². The highest BCUT2D eigenvalue weighted by molar-refractivity contribution is 5.94. The first-order valence-corrected chi connectivity index (χ1v) is 6.58. The maximum atomic E-state index is 13.6. The van der Waals surface area contributed by atoms with E-state index in [2.05, 4.69) is 9.97 Å². The maximum absolute atomic E-state index is 13.6. The molecule has 1 aromatic carbocycles. The summed E-state index contributed by atoms with van der Waals surface area (Å²) in [7, 11) is 0. The summed E-state index contributed by atoms with van der Waals surface area (Å²) in [6.45, 7) is 0.840. The second-order valence-electron chi connectivity index (χ2n) is 4.90. The number of halogens is 2. The number of hydrogen-bond donors (Lipinski definition) is 2. The molecule has 2 aromatic rings. The molecule has 1 aliphatic rings. The Morgan fingerprint density at radius 3 is 2.41 bits per heavy atom. The molecule has 1 fully saturated rings. The first-order valence-electron chi connectivity index (χ1n) is 6.58. The Bertz CT molecular complexity index is 753. The Balaban J connectivity index is 1.81. The third-order valence-corrected chi connectivity index (χ3v) is 3.59. The molecule has 7 nitrogen and oxygen atoms in total. The zero-order chi connectivity index (χ0) is 15.9. The van der Waals surface area contributed by atoms with Gasteiger partial charge < -0.3 is 19.9 Å². The molecule has 9 heteroatoms. The van der Waals surface area contributed by atoms with Gasteiger partial charge in [-0.05, 0) is 12.1 Å². The number of nitrogens with zero attached hydrogens (tertiary/aromatic N) is 3. The van der Waals surface area contributed by atoms with Crippen molar-refractivity contribution in [2.24, 2.45) is 0 Å². The lowest BCUT2D eigenvalue weighted by molar-refractivity contribution is 0.0615. The Hall–Kier alpha value is -2.71. The molecule has 0 unspecified atom stereocenters. The van der Waals surface area contributed by atoms with Crippen molar-refractivity contribution >= 4 is 23.0 Å². The van der Waals surface area contributed by atoms with Gasteiger partial charge >= 0.3 is 6.09 Å².